The first-order valence-electron chi connectivity index (χ1n) is 5.70. The number of hydrogen-bond acceptors (Lipinski definition) is 3. The van der Waals surface area contributed by atoms with Gasteiger partial charge < -0.3 is 10.1 Å². The molecule has 0 fully saturated rings. The molecule has 0 bridgehead atoms. The van der Waals surface area contributed by atoms with E-state index >= 15 is 0 Å². The summed E-state index contributed by atoms with van der Waals surface area (Å²) < 4.78 is 17.9. The van der Waals surface area contributed by atoms with Crippen molar-refractivity contribution in [2.75, 3.05) is 5.32 Å². The van der Waals surface area contributed by atoms with E-state index in [0.717, 1.165) is 0 Å². The van der Waals surface area contributed by atoms with Crippen LogP contribution in [0.4, 0.5) is 10.1 Å². The van der Waals surface area contributed by atoms with Gasteiger partial charge >= 0.3 is 5.97 Å². The van der Waals surface area contributed by atoms with E-state index in [9.17, 15) is 9.18 Å². The SMILES string of the molecule is CC(=CC(=O)OC(C)(C)C)Nc1ccc(F)cc1. The van der Waals surface area contributed by atoms with Crippen molar-refractivity contribution in [1.82, 2.24) is 0 Å². The molecule has 0 radical (unpaired) electrons. The highest BCUT2D eigenvalue weighted by molar-refractivity contribution is 5.83. The van der Waals surface area contributed by atoms with Gasteiger partial charge in [-0.05, 0) is 52.0 Å². The summed E-state index contributed by atoms with van der Waals surface area (Å²) in [6, 6.07) is 5.90. The Hall–Kier alpha value is -1.84. The van der Waals surface area contributed by atoms with Gasteiger partial charge in [-0.15, -0.1) is 0 Å². The zero-order valence-corrected chi connectivity index (χ0v) is 11.1. The van der Waals surface area contributed by atoms with Crippen LogP contribution in [0.15, 0.2) is 36.0 Å². The highest BCUT2D eigenvalue weighted by atomic mass is 19.1. The summed E-state index contributed by atoms with van der Waals surface area (Å²) in [6.07, 6.45) is 1.37. The quantitative estimate of drug-likeness (QED) is 0.660. The molecule has 1 N–H and O–H groups in total. The van der Waals surface area contributed by atoms with Crippen molar-refractivity contribution in [3.63, 3.8) is 0 Å². The minimum absolute atomic E-state index is 0.297. The van der Waals surface area contributed by atoms with E-state index in [1.165, 1.54) is 18.2 Å². The number of ether oxygens (including phenoxy) is 1. The highest BCUT2D eigenvalue weighted by Crippen LogP contribution is 2.12. The summed E-state index contributed by atoms with van der Waals surface area (Å²) in [5, 5.41) is 2.98. The normalized spacial score (nSPS) is 12.2. The molecule has 18 heavy (non-hydrogen) atoms. The zero-order chi connectivity index (χ0) is 13.8. The molecule has 0 saturated heterocycles. The van der Waals surface area contributed by atoms with Crippen LogP contribution in [0.2, 0.25) is 0 Å². The predicted octanol–water partition coefficient (Wildman–Crippen LogP) is 3.48. The molecule has 98 valence electrons. The monoisotopic (exact) mass is 251 g/mol. The summed E-state index contributed by atoms with van der Waals surface area (Å²) in [4.78, 5) is 11.5. The van der Waals surface area contributed by atoms with Crippen LogP contribution in [0.1, 0.15) is 27.7 Å². The minimum atomic E-state index is -0.510. The molecule has 3 nitrogen and oxygen atoms in total. The van der Waals surface area contributed by atoms with E-state index in [2.05, 4.69) is 5.32 Å². The van der Waals surface area contributed by atoms with Gasteiger partial charge in [0, 0.05) is 17.5 Å². The molecule has 4 heteroatoms. The number of esters is 1. The Bertz CT molecular complexity index is 444. The number of hydrogen-bond donors (Lipinski definition) is 1. The number of rotatable bonds is 3. The van der Waals surface area contributed by atoms with Gasteiger partial charge in [0.25, 0.3) is 0 Å². The van der Waals surface area contributed by atoms with Gasteiger partial charge in [-0.1, -0.05) is 0 Å². The number of halogens is 1. The zero-order valence-electron chi connectivity index (χ0n) is 11.1. The Morgan fingerprint density at radius 2 is 1.83 bits per heavy atom. The Kier molecular flexibility index (Phi) is 4.48. The van der Waals surface area contributed by atoms with E-state index in [4.69, 9.17) is 4.74 Å². The molecule has 1 aromatic carbocycles. The average Bonchev–Trinajstić information content (AvgIpc) is 2.18. The van der Waals surface area contributed by atoms with Crippen LogP contribution in [0, 0.1) is 5.82 Å². The number of nitrogens with one attached hydrogen (secondary N) is 1. The largest absolute Gasteiger partial charge is 0.457 e. The first kappa shape index (κ1) is 14.2. The predicted molar refractivity (Wildman–Crippen MR) is 69.6 cm³/mol. The maximum absolute atomic E-state index is 12.7. The first-order valence-corrected chi connectivity index (χ1v) is 5.70. The molecule has 1 rings (SSSR count). The topological polar surface area (TPSA) is 38.3 Å². The number of anilines is 1. The number of benzene rings is 1. The Balaban J connectivity index is 2.62. The van der Waals surface area contributed by atoms with Gasteiger partial charge in [0.05, 0.1) is 0 Å². The standard InChI is InChI=1S/C14H18FNO2/c1-10(9-13(17)18-14(2,3)4)16-12-7-5-11(15)6-8-12/h5-9,16H,1-4H3. The fraction of sp³-hybridized carbons (Fsp3) is 0.357. The van der Waals surface area contributed by atoms with Crippen molar-refractivity contribution >= 4 is 11.7 Å². The molecule has 0 saturated carbocycles. The molecule has 0 amide bonds. The van der Waals surface area contributed by atoms with Gasteiger partial charge in [-0.25, -0.2) is 9.18 Å². The molecule has 0 unspecified atom stereocenters. The van der Waals surface area contributed by atoms with E-state index in [1.807, 2.05) is 20.8 Å². The molecule has 0 aliphatic carbocycles. The van der Waals surface area contributed by atoms with E-state index in [-0.39, 0.29) is 5.82 Å². The Labute approximate surface area is 107 Å². The molecule has 0 aliphatic rings. The summed E-state index contributed by atoms with van der Waals surface area (Å²) in [5.41, 5.74) is 0.841. The third-order valence-corrected chi connectivity index (χ3v) is 1.93. The fourth-order valence-corrected chi connectivity index (χ4v) is 1.30. The second-order valence-electron chi connectivity index (χ2n) is 4.99. The first-order chi connectivity index (χ1) is 8.26. The molecule has 0 atom stereocenters. The van der Waals surface area contributed by atoms with Crippen LogP contribution in [0.3, 0.4) is 0 Å². The second-order valence-corrected chi connectivity index (χ2v) is 4.99. The van der Waals surface area contributed by atoms with Crippen molar-refractivity contribution < 1.29 is 13.9 Å². The highest BCUT2D eigenvalue weighted by Gasteiger charge is 2.14. The van der Waals surface area contributed by atoms with Crippen molar-refractivity contribution in [3.8, 4) is 0 Å². The van der Waals surface area contributed by atoms with Gasteiger partial charge in [-0.2, -0.15) is 0 Å². The molecule has 1 aromatic rings. The molecule has 0 aliphatic heterocycles. The van der Waals surface area contributed by atoms with Crippen LogP contribution in [0.5, 0.6) is 0 Å². The Morgan fingerprint density at radius 3 is 2.33 bits per heavy atom. The Morgan fingerprint density at radius 1 is 1.28 bits per heavy atom. The summed E-state index contributed by atoms with van der Waals surface area (Å²) >= 11 is 0. The van der Waals surface area contributed by atoms with E-state index in [0.29, 0.717) is 11.4 Å². The summed E-state index contributed by atoms with van der Waals surface area (Å²) in [5.74, 6) is -0.705. The molecule has 0 heterocycles. The van der Waals surface area contributed by atoms with Crippen LogP contribution < -0.4 is 5.32 Å². The summed E-state index contributed by atoms with van der Waals surface area (Å²) in [6.45, 7) is 7.16. The molecular weight excluding hydrogens is 233 g/mol. The minimum Gasteiger partial charge on any atom is -0.457 e. The maximum Gasteiger partial charge on any atom is 0.333 e. The van der Waals surface area contributed by atoms with Gasteiger partial charge in [0.2, 0.25) is 0 Å². The van der Waals surface area contributed by atoms with Gasteiger partial charge in [-0.3, -0.25) is 0 Å². The van der Waals surface area contributed by atoms with Gasteiger partial charge in [0.15, 0.2) is 0 Å². The lowest BCUT2D eigenvalue weighted by Gasteiger charge is -2.18. The van der Waals surface area contributed by atoms with Crippen molar-refractivity contribution in [2.24, 2.45) is 0 Å². The van der Waals surface area contributed by atoms with E-state index in [1.54, 1.807) is 19.1 Å². The van der Waals surface area contributed by atoms with Crippen molar-refractivity contribution in [3.05, 3.63) is 41.9 Å². The third kappa shape index (κ3) is 5.48. The van der Waals surface area contributed by atoms with Crippen LogP contribution >= 0.6 is 0 Å². The fourth-order valence-electron chi connectivity index (χ4n) is 1.30. The molecule has 0 aromatic heterocycles. The van der Waals surface area contributed by atoms with Crippen molar-refractivity contribution in [2.45, 2.75) is 33.3 Å². The lowest BCUT2D eigenvalue weighted by atomic mass is 10.2. The molecular formula is C14H18FNO2. The van der Waals surface area contributed by atoms with E-state index < -0.39 is 11.6 Å². The number of carbonyl (C=O) groups excluding carboxylic acids is 1. The number of allylic oxidation sites excluding steroid dienone is 1. The smallest absolute Gasteiger partial charge is 0.333 e. The number of carbonyl (C=O) groups is 1. The second kappa shape index (κ2) is 5.67. The third-order valence-electron chi connectivity index (χ3n) is 1.93. The van der Waals surface area contributed by atoms with Crippen LogP contribution in [-0.2, 0) is 9.53 Å². The van der Waals surface area contributed by atoms with Gasteiger partial charge in [0.1, 0.15) is 11.4 Å². The van der Waals surface area contributed by atoms with Crippen molar-refractivity contribution in [1.29, 1.82) is 0 Å². The lowest BCUT2D eigenvalue weighted by molar-refractivity contribution is -0.148. The summed E-state index contributed by atoms with van der Waals surface area (Å²) in [7, 11) is 0. The van der Waals surface area contributed by atoms with Crippen LogP contribution in [-0.4, -0.2) is 11.6 Å². The maximum atomic E-state index is 12.7. The average molecular weight is 251 g/mol. The lowest BCUT2D eigenvalue weighted by Crippen LogP contribution is -2.23. The van der Waals surface area contributed by atoms with Crippen LogP contribution in [0.25, 0.3) is 0 Å². The molecule has 0 spiro atoms.